The Hall–Kier alpha value is -2.74. The number of aromatic amines is 1. The van der Waals surface area contributed by atoms with Gasteiger partial charge in [0, 0.05) is 0 Å². The molecule has 2 N–H and O–H groups in total. The number of H-pyrrole nitrogens is 1. The molecule has 0 saturated carbocycles. The van der Waals surface area contributed by atoms with Crippen molar-refractivity contribution >= 4 is 17.2 Å². The second-order valence-corrected chi connectivity index (χ2v) is 6.24. The van der Waals surface area contributed by atoms with Crippen molar-refractivity contribution in [1.82, 2.24) is 15.5 Å². The summed E-state index contributed by atoms with van der Waals surface area (Å²) >= 11 is 1.54. The van der Waals surface area contributed by atoms with Crippen LogP contribution >= 0.6 is 11.3 Å². The Labute approximate surface area is 146 Å². The lowest BCUT2D eigenvalue weighted by Gasteiger charge is -2.14. The van der Waals surface area contributed by atoms with Gasteiger partial charge in [0.15, 0.2) is 5.69 Å². The fourth-order valence-corrected chi connectivity index (χ4v) is 3.00. The third-order valence-corrected chi connectivity index (χ3v) is 4.43. The first-order valence-corrected chi connectivity index (χ1v) is 8.36. The number of aromatic nitrogens is 2. The first-order valence-electron chi connectivity index (χ1n) is 7.48. The minimum Gasteiger partial charge on any atom is -0.435 e. The van der Waals surface area contributed by atoms with E-state index in [4.69, 9.17) is 0 Å². The molecule has 25 heavy (non-hydrogen) atoms. The number of alkyl halides is 2. The summed E-state index contributed by atoms with van der Waals surface area (Å²) in [5.74, 6) is -0.305. The normalized spacial score (nSPS) is 12.2. The van der Waals surface area contributed by atoms with E-state index < -0.39 is 12.7 Å². The number of nitrogens with zero attached hydrogens (tertiary/aromatic N) is 1. The fraction of sp³-hybridized carbons (Fsp3) is 0.176. The minimum absolute atomic E-state index is 0.0494. The number of thiophene rings is 1. The highest BCUT2D eigenvalue weighted by molar-refractivity contribution is 7.13. The number of carbonyl (C=O) groups is 1. The number of amides is 1. The number of halogens is 2. The molecule has 5 nitrogen and oxygen atoms in total. The largest absolute Gasteiger partial charge is 0.435 e. The number of benzene rings is 1. The summed E-state index contributed by atoms with van der Waals surface area (Å²) in [5, 5.41) is 11.6. The summed E-state index contributed by atoms with van der Waals surface area (Å²) in [7, 11) is 0. The van der Waals surface area contributed by atoms with Gasteiger partial charge in [0.2, 0.25) is 0 Å². The van der Waals surface area contributed by atoms with E-state index in [0.717, 1.165) is 10.6 Å². The van der Waals surface area contributed by atoms with E-state index in [1.807, 2.05) is 17.5 Å². The van der Waals surface area contributed by atoms with Gasteiger partial charge < -0.3 is 10.1 Å². The number of ether oxygens (including phenoxy) is 1. The van der Waals surface area contributed by atoms with Gasteiger partial charge in [0.05, 0.1) is 16.6 Å². The summed E-state index contributed by atoms with van der Waals surface area (Å²) in [6.45, 7) is -1.13. The molecule has 2 aromatic heterocycles. The molecular weight excluding hydrogens is 348 g/mol. The van der Waals surface area contributed by atoms with Gasteiger partial charge in [0.1, 0.15) is 5.75 Å². The average Bonchev–Trinajstić information content (AvgIpc) is 3.25. The maximum absolute atomic E-state index is 12.3. The Morgan fingerprint density at radius 1 is 1.28 bits per heavy atom. The van der Waals surface area contributed by atoms with Crippen molar-refractivity contribution in [3.05, 3.63) is 59.1 Å². The summed E-state index contributed by atoms with van der Waals surface area (Å²) in [6, 6.07) is 11.3. The van der Waals surface area contributed by atoms with Gasteiger partial charge in [-0.25, -0.2) is 0 Å². The molecule has 0 fully saturated rings. The van der Waals surface area contributed by atoms with Gasteiger partial charge in [-0.3, -0.25) is 9.89 Å². The standard InChI is InChI=1S/C17H15F2N3O2S/c1-10(11-4-2-5-12(8-11)24-17(18)19)20-16(23)14-9-13(21-22-14)15-6-3-7-25-15/h2-10,17H,1H3,(H,20,23)(H,21,22). The lowest BCUT2D eigenvalue weighted by Crippen LogP contribution is -2.27. The number of rotatable bonds is 6. The zero-order valence-electron chi connectivity index (χ0n) is 13.2. The highest BCUT2D eigenvalue weighted by atomic mass is 32.1. The molecule has 0 aliphatic rings. The van der Waals surface area contributed by atoms with Crippen LogP contribution in [0.1, 0.15) is 29.0 Å². The molecule has 0 aliphatic heterocycles. The van der Waals surface area contributed by atoms with E-state index in [2.05, 4.69) is 20.3 Å². The number of nitrogens with one attached hydrogen (secondary N) is 2. The Kier molecular flexibility index (Phi) is 5.08. The molecule has 2 heterocycles. The average molecular weight is 363 g/mol. The van der Waals surface area contributed by atoms with Gasteiger partial charge in [-0.05, 0) is 42.1 Å². The quantitative estimate of drug-likeness (QED) is 0.689. The van der Waals surface area contributed by atoms with Crippen molar-refractivity contribution < 1.29 is 18.3 Å². The molecule has 3 aromatic rings. The van der Waals surface area contributed by atoms with Crippen molar-refractivity contribution in [2.75, 3.05) is 0 Å². The van der Waals surface area contributed by atoms with Crippen molar-refractivity contribution in [2.45, 2.75) is 19.6 Å². The molecule has 3 rings (SSSR count). The molecule has 8 heteroatoms. The second-order valence-electron chi connectivity index (χ2n) is 5.29. The molecule has 0 spiro atoms. The van der Waals surface area contributed by atoms with Crippen molar-refractivity contribution in [1.29, 1.82) is 0 Å². The highest BCUT2D eigenvalue weighted by Gasteiger charge is 2.16. The van der Waals surface area contributed by atoms with E-state index in [1.165, 1.54) is 12.1 Å². The molecule has 1 aromatic carbocycles. The van der Waals surface area contributed by atoms with Crippen LogP contribution < -0.4 is 10.1 Å². The molecule has 1 atom stereocenters. The Morgan fingerprint density at radius 2 is 2.12 bits per heavy atom. The van der Waals surface area contributed by atoms with Crippen molar-refractivity contribution in [2.24, 2.45) is 0 Å². The third kappa shape index (κ3) is 4.21. The van der Waals surface area contributed by atoms with Crippen molar-refractivity contribution in [3.8, 4) is 16.3 Å². The van der Waals surface area contributed by atoms with Crippen LogP contribution in [-0.2, 0) is 0 Å². The van der Waals surface area contributed by atoms with Crippen LogP contribution in [0, 0.1) is 0 Å². The van der Waals surface area contributed by atoms with Gasteiger partial charge in [0.25, 0.3) is 5.91 Å². The van der Waals surface area contributed by atoms with Gasteiger partial charge in [-0.15, -0.1) is 11.3 Å². The van der Waals surface area contributed by atoms with Crippen LogP contribution in [0.25, 0.3) is 10.6 Å². The minimum atomic E-state index is -2.89. The monoisotopic (exact) mass is 363 g/mol. The molecule has 1 unspecified atom stereocenters. The van der Waals surface area contributed by atoms with Crippen LogP contribution in [-0.4, -0.2) is 22.7 Å². The SMILES string of the molecule is CC(NC(=O)c1cc(-c2cccs2)[nH]n1)c1cccc(OC(F)F)c1. The third-order valence-electron chi connectivity index (χ3n) is 3.53. The predicted molar refractivity (Wildman–Crippen MR) is 90.9 cm³/mol. The van der Waals surface area contributed by atoms with E-state index >= 15 is 0 Å². The number of hydrogen-bond donors (Lipinski definition) is 2. The molecule has 0 bridgehead atoms. The van der Waals surface area contributed by atoms with Crippen LogP contribution in [0.15, 0.2) is 47.8 Å². The Morgan fingerprint density at radius 3 is 2.84 bits per heavy atom. The Balaban J connectivity index is 1.68. The molecular formula is C17H15F2N3O2S. The Bertz CT molecular complexity index is 849. The van der Waals surface area contributed by atoms with Crippen LogP contribution in [0.2, 0.25) is 0 Å². The van der Waals surface area contributed by atoms with Crippen molar-refractivity contribution in [3.63, 3.8) is 0 Å². The summed E-state index contributed by atoms with van der Waals surface area (Å²) in [6.07, 6.45) is 0. The second kappa shape index (κ2) is 7.43. The molecule has 0 radical (unpaired) electrons. The van der Waals surface area contributed by atoms with E-state index in [-0.39, 0.29) is 17.4 Å². The van der Waals surface area contributed by atoms with Crippen LogP contribution in [0.4, 0.5) is 8.78 Å². The molecule has 130 valence electrons. The maximum Gasteiger partial charge on any atom is 0.387 e. The predicted octanol–water partition coefficient (Wildman–Crippen LogP) is 4.23. The van der Waals surface area contributed by atoms with Crippen LogP contribution in [0.5, 0.6) is 5.75 Å². The highest BCUT2D eigenvalue weighted by Crippen LogP contribution is 2.24. The lowest BCUT2D eigenvalue weighted by atomic mass is 10.1. The summed E-state index contributed by atoms with van der Waals surface area (Å²) in [4.78, 5) is 13.3. The number of hydrogen-bond acceptors (Lipinski definition) is 4. The number of carbonyl (C=O) groups excluding carboxylic acids is 1. The summed E-state index contributed by atoms with van der Waals surface area (Å²) in [5.41, 5.74) is 1.68. The van der Waals surface area contributed by atoms with E-state index in [9.17, 15) is 13.6 Å². The fourth-order valence-electron chi connectivity index (χ4n) is 2.31. The molecule has 0 saturated heterocycles. The first kappa shape index (κ1) is 17.1. The van der Waals surface area contributed by atoms with E-state index in [0.29, 0.717) is 5.56 Å². The molecule has 0 aliphatic carbocycles. The smallest absolute Gasteiger partial charge is 0.387 e. The van der Waals surface area contributed by atoms with E-state index in [1.54, 1.807) is 36.5 Å². The zero-order chi connectivity index (χ0) is 17.8. The lowest BCUT2D eigenvalue weighted by molar-refractivity contribution is -0.0499. The maximum atomic E-state index is 12.3. The first-order chi connectivity index (χ1) is 12.0. The van der Waals surface area contributed by atoms with Gasteiger partial charge in [-0.1, -0.05) is 18.2 Å². The topological polar surface area (TPSA) is 67.0 Å². The van der Waals surface area contributed by atoms with Gasteiger partial charge in [-0.2, -0.15) is 13.9 Å². The van der Waals surface area contributed by atoms with Crippen LogP contribution in [0.3, 0.4) is 0 Å². The summed E-state index contributed by atoms with van der Waals surface area (Å²) < 4.78 is 29.0. The zero-order valence-corrected chi connectivity index (χ0v) is 14.0. The van der Waals surface area contributed by atoms with Gasteiger partial charge >= 0.3 is 6.61 Å². The molecule has 1 amide bonds.